The number of nitrogen functional groups attached to an aromatic ring is 1. The summed E-state index contributed by atoms with van der Waals surface area (Å²) in [7, 11) is -0.840. The fraction of sp³-hybridized carbons (Fsp3) is 0.133. The molecule has 1 heterocycles. The Morgan fingerprint density at radius 2 is 1.86 bits per heavy atom. The van der Waals surface area contributed by atoms with E-state index in [0.29, 0.717) is 12.0 Å². The number of hydrogen-bond acceptors (Lipinski definition) is 3. The van der Waals surface area contributed by atoms with Gasteiger partial charge in [-0.3, -0.25) is 5.41 Å². The second-order valence-corrected chi connectivity index (χ2v) is 4.92. The van der Waals surface area contributed by atoms with Crippen molar-refractivity contribution in [2.45, 2.75) is 12.5 Å². The third kappa shape index (κ3) is 3.10. The van der Waals surface area contributed by atoms with E-state index in [1.807, 2.05) is 48.5 Å². The standard InChI is InChI=1S/C15H15BN2O2.ClH/c17-15(18)11-7-5-10(6-8-11)9-14-12-3-1-2-4-13(12)16(19)20-14;/h1-8,14,19H,9H2,(H3,17,18);1H. The van der Waals surface area contributed by atoms with Gasteiger partial charge in [-0.05, 0) is 16.6 Å². The number of nitrogens with one attached hydrogen (secondary N) is 1. The number of amidine groups is 1. The van der Waals surface area contributed by atoms with Crippen LogP contribution >= 0.6 is 12.4 Å². The normalized spacial score (nSPS) is 16.2. The molecule has 1 aliphatic heterocycles. The smallest absolute Gasteiger partial charge is 0.423 e. The number of nitrogens with two attached hydrogens (primary N) is 1. The highest BCUT2D eigenvalue weighted by Gasteiger charge is 2.34. The molecule has 4 nitrogen and oxygen atoms in total. The second kappa shape index (κ2) is 6.31. The minimum atomic E-state index is -0.840. The number of rotatable bonds is 3. The maximum absolute atomic E-state index is 9.88. The van der Waals surface area contributed by atoms with E-state index in [2.05, 4.69) is 0 Å². The van der Waals surface area contributed by atoms with Crippen LogP contribution in [-0.4, -0.2) is 18.0 Å². The summed E-state index contributed by atoms with van der Waals surface area (Å²) in [6, 6.07) is 15.3. The van der Waals surface area contributed by atoms with Crippen LogP contribution in [0.3, 0.4) is 0 Å². The van der Waals surface area contributed by atoms with E-state index in [1.165, 1.54) is 0 Å². The van der Waals surface area contributed by atoms with Crippen LogP contribution in [0.15, 0.2) is 48.5 Å². The van der Waals surface area contributed by atoms with Gasteiger partial charge in [0.15, 0.2) is 0 Å². The average Bonchev–Trinajstić information content (AvgIpc) is 2.77. The first-order chi connectivity index (χ1) is 9.65. The maximum atomic E-state index is 9.88. The summed E-state index contributed by atoms with van der Waals surface area (Å²) in [6.07, 6.45) is 0.552. The van der Waals surface area contributed by atoms with E-state index in [9.17, 15) is 5.02 Å². The fourth-order valence-electron chi connectivity index (χ4n) is 2.52. The summed E-state index contributed by atoms with van der Waals surface area (Å²) in [5, 5.41) is 17.3. The van der Waals surface area contributed by atoms with Crippen LogP contribution < -0.4 is 11.2 Å². The highest BCUT2D eigenvalue weighted by molar-refractivity contribution is 6.61. The van der Waals surface area contributed by atoms with E-state index in [0.717, 1.165) is 16.6 Å². The number of benzene rings is 2. The number of fused-ring (bicyclic) bond motifs is 1. The number of hydrogen-bond donors (Lipinski definition) is 3. The molecule has 1 atom stereocenters. The lowest BCUT2D eigenvalue weighted by molar-refractivity contribution is 0.191. The highest BCUT2D eigenvalue weighted by Crippen LogP contribution is 2.27. The molecule has 0 saturated heterocycles. The molecule has 1 unspecified atom stereocenters. The van der Waals surface area contributed by atoms with Crippen molar-refractivity contribution >= 4 is 30.8 Å². The van der Waals surface area contributed by atoms with E-state index in [1.54, 1.807) is 0 Å². The zero-order valence-electron chi connectivity index (χ0n) is 11.3. The molecular formula is C15H16BClN2O2. The first-order valence-electron chi connectivity index (χ1n) is 6.51. The molecule has 0 bridgehead atoms. The molecule has 3 rings (SSSR count). The Morgan fingerprint density at radius 3 is 2.52 bits per heavy atom. The molecular weight excluding hydrogens is 286 g/mol. The van der Waals surface area contributed by atoms with Crippen LogP contribution in [0, 0.1) is 5.41 Å². The van der Waals surface area contributed by atoms with Crippen molar-refractivity contribution in [3.8, 4) is 0 Å². The van der Waals surface area contributed by atoms with Crippen molar-refractivity contribution < 1.29 is 9.68 Å². The monoisotopic (exact) mass is 302 g/mol. The molecule has 0 aliphatic carbocycles. The van der Waals surface area contributed by atoms with Crippen LogP contribution in [0.5, 0.6) is 0 Å². The van der Waals surface area contributed by atoms with E-state index < -0.39 is 7.12 Å². The van der Waals surface area contributed by atoms with E-state index in [-0.39, 0.29) is 24.3 Å². The van der Waals surface area contributed by atoms with Gasteiger partial charge in [0.2, 0.25) is 0 Å². The molecule has 0 saturated carbocycles. The van der Waals surface area contributed by atoms with Gasteiger partial charge in [0.25, 0.3) is 0 Å². The predicted molar refractivity (Wildman–Crippen MR) is 86.3 cm³/mol. The van der Waals surface area contributed by atoms with Gasteiger partial charge < -0.3 is 15.4 Å². The third-order valence-electron chi connectivity index (χ3n) is 3.59. The molecule has 108 valence electrons. The van der Waals surface area contributed by atoms with Crippen molar-refractivity contribution in [3.63, 3.8) is 0 Å². The molecule has 2 aromatic rings. The largest absolute Gasteiger partial charge is 0.491 e. The summed E-state index contributed by atoms with van der Waals surface area (Å²) >= 11 is 0. The van der Waals surface area contributed by atoms with Gasteiger partial charge in [-0.2, -0.15) is 0 Å². The summed E-state index contributed by atoms with van der Waals surface area (Å²) < 4.78 is 5.60. The van der Waals surface area contributed by atoms with Crippen LogP contribution in [0.2, 0.25) is 0 Å². The molecule has 1 aliphatic rings. The number of halogens is 1. The minimum absolute atomic E-state index is 0. The first-order valence-corrected chi connectivity index (χ1v) is 6.51. The maximum Gasteiger partial charge on any atom is 0.491 e. The Kier molecular flexibility index (Phi) is 4.68. The Balaban J connectivity index is 0.00000161. The second-order valence-electron chi connectivity index (χ2n) is 4.92. The fourth-order valence-corrected chi connectivity index (χ4v) is 2.52. The van der Waals surface area contributed by atoms with Crippen molar-refractivity contribution in [1.29, 1.82) is 5.41 Å². The third-order valence-corrected chi connectivity index (χ3v) is 3.59. The zero-order valence-corrected chi connectivity index (χ0v) is 12.1. The lowest BCUT2D eigenvalue weighted by Crippen LogP contribution is -2.27. The van der Waals surface area contributed by atoms with Crippen LogP contribution in [0.25, 0.3) is 0 Å². The Hall–Kier alpha value is -1.82. The van der Waals surface area contributed by atoms with Crippen molar-refractivity contribution in [2.24, 2.45) is 5.73 Å². The molecule has 4 N–H and O–H groups in total. The summed E-state index contributed by atoms with van der Waals surface area (Å²) in [5.74, 6) is 0.0643. The lowest BCUT2D eigenvalue weighted by Gasteiger charge is -2.12. The molecule has 6 heteroatoms. The summed E-state index contributed by atoms with van der Waals surface area (Å²) in [4.78, 5) is 0. The van der Waals surface area contributed by atoms with E-state index >= 15 is 0 Å². The zero-order chi connectivity index (χ0) is 14.1. The van der Waals surface area contributed by atoms with Gasteiger partial charge in [-0.15, -0.1) is 12.4 Å². The Labute approximate surface area is 130 Å². The van der Waals surface area contributed by atoms with Crippen LogP contribution in [0.1, 0.15) is 22.8 Å². The summed E-state index contributed by atoms with van der Waals surface area (Å²) in [5.41, 5.74) is 9.11. The van der Waals surface area contributed by atoms with Gasteiger partial charge in [-0.1, -0.05) is 48.5 Å². The first kappa shape index (κ1) is 15.6. The average molecular weight is 303 g/mol. The van der Waals surface area contributed by atoms with Crippen LogP contribution in [-0.2, 0) is 11.1 Å². The van der Waals surface area contributed by atoms with Crippen molar-refractivity contribution in [1.82, 2.24) is 0 Å². The predicted octanol–water partition coefficient (Wildman–Crippen LogP) is 1.39. The van der Waals surface area contributed by atoms with Gasteiger partial charge in [-0.25, -0.2) is 0 Å². The molecule has 0 amide bonds. The van der Waals surface area contributed by atoms with Crippen molar-refractivity contribution in [2.75, 3.05) is 0 Å². The van der Waals surface area contributed by atoms with Gasteiger partial charge in [0.05, 0.1) is 6.10 Å². The molecule has 0 aromatic heterocycles. The Bertz CT molecular complexity index is 648. The van der Waals surface area contributed by atoms with Crippen molar-refractivity contribution in [3.05, 3.63) is 65.2 Å². The molecule has 0 spiro atoms. The lowest BCUT2D eigenvalue weighted by atomic mass is 9.79. The van der Waals surface area contributed by atoms with Crippen LogP contribution in [0.4, 0.5) is 0 Å². The molecule has 21 heavy (non-hydrogen) atoms. The van der Waals surface area contributed by atoms with Gasteiger partial charge in [0.1, 0.15) is 5.84 Å². The SMILES string of the molecule is Cl.N=C(N)c1ccc(CC2OB(O)c3ccccc32)cc1. The highest BCUT2D eigenvalue weighted by atomic mass is 35.5. The Morgan fingerprint density at radius 1 is 1.19 bits per heavy atom. The quantitative estimate of drug-likeness (QED) is 0.455. The molecule has 0 fully saturated rings. The van der Waals surface area contributed by atoms with Gasteiger partial charge >= 0.3 is 7.12 Å². The summed E-state index contributed by atoms with van der Waals surface area (Å²) in [6.45, 7) is 0. The topological polar surface area (TPSA) is 79.3 Å². The minimum Gasteiger partial charge on any atom is -0.423 e. The molecule has 2 aromatic carbocycles. The van der Waals surface area contributed by atoms with E-state index in [4.69, 9.17) is 15.8 Å². The van der Waals surface area contributed by atoms with Gasteiger partial charge in [0, 0.05) is 12.0 Å². The molecule has 0 radical (unpaired) electrons.